The van der Waals surface area contributed by atoms with Gasteiger partial charge in [0.05, 0.1) is 0 Å². The van der Waals surface area contributed by atoms with Crippen molar-refractivity contribution in [2.24, 2.45) is 0 Å². The van der Waals surface area contributed by atoms with E-state index in [1.54, 1.807) is 5.56 Å². The molecule has 108 valence electrons. The molecule has 2 aromatic rings. The van der Waals surface area contributed by atoms with Crippen LogP contribution in [0.2, 0.25) is 0 Å². The predicted molar refractivity (Wildman–Crippen MR) is 88.9 cm³/mol. The molecule has 2 atom stereocenters. The molecule has 0 spiro atoms. The Hall–Kier alpha value is -1.80. The van der Waals surface area contributed by atoms with Gasteiger partial charge in [0.15, 0.2) is 0 Å². The fourth-order valence-electron chi connectivity index (χ4n) is 3.96. The molecule has 4 rings (SSSR count). The van der Waals surface area contributed by atoms with Gasteiger partial charge in [-0.1, -0.05) is 36.4 Å². The largest absolute Gasteiger partial charge is 0.381 e. The number of hydrogen-bond donors (Lipinski definition) is 2. The lowest BCUT2D eigenvalue weighted by molar-refractivity contribution is 0.579. The number of nitrogens with one attached hydrogen (secondary N) is 2. The average molecular weight is 278 g/mol. The maximum absolute atomic E-state index is 3.77. The summed E-state index contributed by atoms with van der Waals surface area (Å²) in [6, 6.07) is 16.1. The van der Waals surface area contributed by atoms with E-state index in [0.29, 0.717) is 12.0 Å². The maximum atomic E-state index is 3.77. The van der Waals surface area contributed by atoms with Gasteiger partial charge in [-0.05, 0) is 61.2 Å². The van der Waals surface area contributed by atoms with Crippen LogP contribution in [0.25, 0.3) is 11.1 Å². The SMILES string of the molecule is Cc1ccccc1-c1cccc2c1[C@@H]1CCNCC[C@@H]1N2. The summed E-state index contributed by atoms with van der Waals surface area (Å²) in [6.07, 6.45) is 2.44. The third-order valence-electron chi connectivity index (χ3n) is 5.00. The van der Waals surface area contributed by atoms with Gasteiger partial charge in [0.2, 0.25) is 0 Å². The minimum absolute atomic E-state index is 0.597. The Bertz CT molecular complexity index is 662. The Balaban J connectivity index is 1.85. The van der Waals surface area contributed by atoms with Crippen LogP contribution in [0, 0.1) is 6.92 Å². The van der Waals surface area contributed by atoms with Crippen LogP contribution in [0.5, 0.6) is 0 Å². The number of benzene rings is 2. The summed E-state index contributed by atoms with van der Waals surface area (Å²) in [7, 11) is 0. The molecule has 2 heteroatoms. The summed E-state index contributed by atoms with van der Waals surface area (Å²) < 4.78 is 0. The van der Waals surface area contributed by atoms with Gasteiger partial charge in [0.1, 0.15) is 0 Å². The second-order valence-electron chi connectivity index (χ2n) is 6.27. The van der Waals surface area contributed by atoms with Crippen LogP contribution in [0.3, 0.4) is 0 Å². The molecule has 1 fully saturated rings. The standard InChI is InChI=1S/C19H22N2/c1-13-5-2-3-6-14(13)15-7-4-8-18-19(15)16-9-11-20-12-10-17(16)21-18/h2-8,16-17,20-21H,9-12H2,1H3/t16-,17+/m1/s1. The molecule has 0 radical (unpaired) electrons. The highest BCUT2D eigenvalue weighted by Crippen LogP contribution is 2.45. The van der Waals surface area contributed by atoms with Crippen molar-refractivity contribution in [3.05, 3.63) is 53.6 Å². The van der Waals surface area contributed by atoms with Crippen molar-refractivity contribution in [2.45, 2.75) is 31.7 Å². The molecule has 2 nitrogen and oxygen atoms in total. The second-order valence-corrected chi connectivity index (χ2v) is 6.27. The van der Waals surface area contributed by atoms with Gasteiger partial charge in [0.25, 0.3) is 0 Å². The normalized spacial score (nSPS) is 23.9. The van der Waals surface area contributed by atoms with Crippen LogP contribution in [0.1, 0.15) is 29.9 Å². The van der Waals surface area contributed by atoms with Gasteiger partial charge >= 0.3 is 0 Å². The van der Waals surface area contributed by atoms with E-state index in [-0.39, 0.29) is 0 Å². The summed E-state index contributed by atoms with van der Waals surface area (Å²) in [6.45, 7) is 4.47. The van der Waals surface area contributed by atoms with Crippen molar-refractivity contribution in [3.63, 3.8) is 0 Å². The lowest BCUT2D eigenvalue weighted by Gasteiger charge is -2.18. The highest BCUT2D eigenvalue weighted by Gasteiger charge is 2.34. The zero-order valence-corrected chi connectivity index (χ0v) is 12.5. The summed E-state index contributed by atoms with van der Waals surface area (Å²) in [5.74, 6) is 0.644. The molecule has 0 aliphatic carbocycles. The molecule has 2 aliphatic rings. The first kappa shape index (κ1) is 12.9. The lowest BCUT2D eigenvalue weighted by Crippen LogP contribution is -2.21. The number of aryl methyl sites for hydroxylation is 1. The van der Waals surface area contributed by atoms with E-state index < -0.39 is 0 Å². The number of fused-ring (bicyclic) bond motifs is 3. The highest BCUT2D eigenvalue weighted by atomic mass is 15.0. The minimum Gasteiger partial charge on any atom is -0.381 e. The zero-order valence-electron chi connectivity index (χ0n) is 12.5. The molecule has 2 aliphatic heterocycles. The molecule has 2 N–H and O–H groups in total. The first-order chi connectivity index (χ1) is 10.3. The van der Waals surface area contributed by atoms with E-state index >= 15 is 0 Å². The van der Waals surface area contributed by atoms with Crippen LogP contribution in [0.15, 0.2) is 42.5 Å². The fourth-order valence-corrected chi connectivity index (χ4v) is 3.96. The van der Waals surface area contributed by atoms with E-state index in [4.69, 9.17) is 0 Å². The predicted octanol–water partition coefficient (Wildman–Crippen LogP) is 3.92. The van der Waals surface area contributed by atoms with Crippen LogP contribution in [-0.2, 0) is 0 Å². The first-order valence-electron chi connectivity index (χ1n) is 8.01. The van der Waals surface area contributed by atoms with Crippen LogP contribution >= 0.6 is 0 Å². The van der Waals surface area contributed by atoms with Gasteiger partial charge in [-0.3, -0.25) is 0 Å². The summed E-state index contributed by atoms with van der Waals surface area (Å²) >= 11 is 0. The van der Waals surface area contributed by atoms with Crippen molar-refractivity contribution in [1.29, 1.82) is 0 Å². The van der Waals surface area contributed by atoms with Crippen LogP contribution < -0.4 is 10.6 Å². The fraction of sp³-hybridized carbons (Fsp3) is 0.368. The zero-order chi connectivity index (χ0) is 14.2. The minimum atomic E-state index is 0.597. The van der Waals surface area contributed by atoms with E-state index in [1.807, 2.05) is 0 Å². The Morgan fingerprint density at radius 3 is 2.62 bits per heavy atom. The van der Waals surface area contributed by atoms with Crippen molar-refractivity contribution in [3.8, 4) is 11.1 Å². The van der Waals surface area contributed by atoms with Crippen molar-refractivity contribution in [1.82, 2.24) is 5.32 Å². The first-order valence-corrected chi connectivity index (χ1v) is 8.01. The molecular weight excluding hydrogens is 256 g/mol. The van der Waals surface area contributed by atoms with Gasteiger partial charge in [-0.2, -0.15) is 0 Å². The van der Waals surface area contributed by atoms with E-state index in [1.165, 1.54) is 35.2 Å². The average Bonchev–Trinajstić information content (AvgIpc) is 2.70. The van der Waals surface area contributed by atoms with Gasteiger partial charge < -0.3 is 10.6 Å². The number of anilines is 1. The number of hydrogen-bond acceptors (Lipinski definition) is 2. The smallest absolute Gasteiger partial charge is 0.0384 e. The second kappa shape index (κ2) is 5.19. The third-order valence-corrected chi connectivity index (χ3v) is 5.00. The van der Waals surface area contributed by atoms with E-state index in [9.17, 15) is 0 Å². The lowest BCUT2D eigenvalue weighted by atomic mass is 9.85. The summed E-state index contributed by atoms with van der Waals surface area (Å²) in [5, 5.41) is 7.30. The Morgan fingerprint density at radius 1 is 0.905 bits per heavy atom. The van der Waals surface area contributed by atoms with Gasteiger partial charge in [0, 0.05) is 17.6 Å². The Morgan fingerprint density at radius 2 is 1.71 bits per heavy atom. The summed E-state index contributed by atoms with van der Waals surface area (Å²) in [5.41, 5.74) is 7.07. The molecular formula is C19H22N2. The van der Waals surface area contributed by atoms with Crippen molar-refractivity contribution >= 4 is 5.69 Å². The van der Waals surface area contributed by atoms with Gasteiger partial charge in [-0.15, -0.1) is 0 Å². The molecule has 0 unspecified atom stereocenters. The topological polar surface area (TPSA) is 24.1 Å². The van der Waals surface area contributed by atoms with E-state index in [2.05, 4.69) is 60.0 Å². The molecule has 0 bridgehead atoms. The molecule has 21 heavy (non-hydrogen) atoms. The number of rotatable bonds is 1. The molecule has 2 heterocycles. The quantitative estimate of drug-likeness (QED) is 0.826. The van der Waals surface area contributed by atoms with Crippen LogP contribution in [0.4, 0.5) is 5.69 Å². The maximum Gasteiger partial charge on any atom is 0.0384 e. The molecule has 0 saturated carbocycles. The van der Waals surface area contributed by atoms with Crippen LogP contribution in [-0.4, -0.2) is 19.1 Å². The molecule has 1 saturated heterocycles. The molecule has 0 amide bonds. The van der Waals surface area contributed by atoms with E-state index in [0.717, 1.165) is 13.1 Å². The van der Waals surface area contributed by atoms with Crippen molar-refractivity contribution < 1.29 is 0 Å². The summed E-state index contributed by atoms with van der Waals surface area (Å²) in [4.78, 5) is 0. The monoisotopic (exact) mass is 278 g/mol. The van der Waals surface area contributed by atoms with Crippen molar-refractivity contribution in [2.75, 3.05) is 18.4 Å². The Labute approximate surface area is 126 Å². The molecule has 0 aromatic heterocycles. The Kier molecular flexibility index (Phi) is 3.19. The molecule has 2 aromatic carbocycles. The third kappa shape index (κ3) is 2.14. The highest BCUT2D eigenvalue weighted by molar-refractivity contribution is 5.79. The van der Waals surface area contributed by atoms with Gasteiger partial charge in [-0.25, -0.2) is 0 Å².